The fourth-order valence-electron chi connectivity index (χ4n) is 1.14. The highest BCUT2D eigenvalue weighted by atomic mass is 32.2. The SMILES string of the molecule is CC(C)(C)SCc1ccc(B(O)O)cc1F. The third-order valence-electron chi connectivity index (χ3n) is 2.04. The van der Waals surface area contributed by atoms with Gasteiger partial charge in [-0.1, -0.05) is 32.9 Å². The normalized spacial score (nSPS) is 11.6. The second kappa shape index (κ2) is 5.21. The Kier molecular flexibility index (Phi) is 4.41. The van der Waals surface area contributed by atoms with Crippen LogP contribution in [0.15, 0.2) is 18.2 Å². The van der Waals surface area contributed by atoms with Crippen LogP contribution in [0.1, 0.15) is 26.3 Å². The van der Waals surface area contributed by atoms with Crippen LogP contribution in [0.5, 0.6) is 0 Å². The average molecular weight is 242 g/mol. The van der Waals surface area contributed by atoms with Crippen molar-refractivity contribution in [3.8, 4) is 0 Å². The molecule has 5 heteroatoms. The van der Waals surface area contributed by atoms with Crippen molar-refractivity contribution in [3.05, 3.63) is 29.6 Å². The Hall–Kier alpha value is -0.515. The lowest BCUT2D eigenvalue weighted by molar-refractivity contribution is 0.425. The zero-order chi connectivity index (χ0) is 12.3. The van der Waals surface area contributed by atoms with Gasteiger partial charge in [0.15, 0.2) is 0 Å². The second-order valence-electron chi connectivity index (χ2n) is 4.63. The van der Waals surface area contributed by atoms with E-state index in [4.69, 9.17) is 10.0 Å². The Balaban J connectivity index is 2.76. The molecule has 0 saturated carbocycles. The minimum absolute atomic E-state index is 0.0849. The van der Waals surface area contributed by atoms with Crippen molar-refractivity contribution in [2.75, 3.05) is 0 Å². The quantitative estimate of drug-likeness (QED) is 0.790. The average Bonchev–Trinajstić information content (AvgIpc) is 2.14. The molecule has 2 N–H and O–H groups in total. The first-order chi connectivity index (χ1) is 7.29. The molecule has 16 heavy (non-hydrogen) atoms. The van der Waals surface area contributed by atoms with Crippen molar-refractivity contribution in [1.29, 1.82) is 0 Å². The van der Waals surface area contributed by atoms with E-state index in [1.807, 2.05) is 0 Å². The third-order valence-corrected chi connectivity index (χ3v) is 3.36. The summed E-state index contributed by atoms with van der Waals surface area (Å²) in [6.45, 7) is 6.21. The molecule has 0 aliphatic rings. The fraction of sp³-hybridized carbons (Fsp3) is 0.455. The van der Waals surface area contributed by atoms with Gasteiger partial charge in [-0.15, -0.1) is 0 Å². The van der Waals surface area contributed by atoms with Crippen molar-refractivity contribution in [2.24, 2.45) is 0 Å². The van der Waals surface area contributed by atoms with E-state index in [2.05, 4.69) is 20.8 Å². The lowest BCUT2D eigenvalue weighted by Gasteiger charge is -2.17. The Morgan fingerprint density at radius 2 is 1.94 bits per heavy atom. The molecule has 0 heterocycles. The summed E-state index contributed by atoms with van der Waals surface area (Å²) in [4.78, 5) is 0. The highest BCUT2D eigenvalue weighted by Crippen LogP contribution is 2.27. The predicted molar refractivity (Wildman–Crippen MR) is 67.3 cm³/mol. The van der Waals surface area contributed by atoms with Crippen LogP contribution in [0.25, 0.3) is 0 Å². The van der Waals surface area contributed by atoms with Crippen molar-refractivity contribution in [1.82, 2.24) is 0 Å². The zero-order valence-electron chi connectivity index (χ0n) is 9.70. The number of hydrogen-bond donors (Lipinski definition) is 2. The monoisotopic (exact) mass is 242 g/mol. The lowest BCUT2D eigenvalue weighted by Crippen LogP contribution is -2.30. The Bertz CT molecular complexity index is 363. The van der Waals surface area contributed by atoms with Gasteiger partial charge >= 0.3 is 7.12 Å². The van der Waals surface area contributed by atoms with E-state index in [0.717, 1.165) is 0 Å². The zero-order valence-corrected chi connectivity index (χ0v) is 10.5. The topological polar surface area (TPSA) is 40.5 Å². The minimum atomic E-state index is -1.61. The standard InChI is InChI=1S/C11H16BFO2S/c1-11(2,3)16-7-8-4-5-9(12(14)15)6-10(8)13/h4-6,14-15H,7H2,1-3H3. The summed E-state index contributed by atoms with van der Waals surface area (Å²) >= 11 is 1.65. The van der Waals surface area contributed by atoms with E-state index >= 15 is 0 Å². The summed E-state index contributed by atoms with van der Waals surface area (Å²) in [5.41, 5.74) is 0.770. The van der Waals surface area contributed by atoms with Crippen LogP contribution in [0.3, 0.4) is 0 Å². The third kappa shape index (κ3) is 4.16. The summed E-state index contributed by atoms with van der Waals surface area (Å²) in [7, 11) is -1.61. The van der Waals surface area contributed by atoms with E-state index in [1.54, 1.807) is 17.8 Å². The first-order valence-corrected chi connectivity index (χ1v) is 6.06. The van der Waals surface area contributed by atoms with Gasteiger partial charge in [0.2, 0.25) is 0 Å². The van der Waals surface area contributed by atoms with Crippen molar-refractivity contribution < 1.29 is 14.4 Å². The molecule has 0 unspecified atom stereocenters. The molecule has 0 saturated heterocycles. The Morgan fingerprint density at radius 1 is 1.31 bits per heavy atom. The summed E-state index contributed by atoms with van der Waals surface area (Å²) in [6.07, 6.45) is 0. The highest BCUT2D eigenvalue weighted by Gasteiger charge is 2.15. The van der Waals surface area contributed by atoms with Gasteiger partial charge in [0.25, 0.3) is 0 Å². The van der Waals surface area contributed by atoms with Crippen LogP contribution in [0.4, 0.5) is 4.39 Å². The molecule has 0 aliphatic heterocycles. The van der Waals surface area contributed by atoms with Crippen molar-refractivity contribution >= 4 is 24.3 Å². The van der Waals surface area contributed by atoms with E-state index in [1.165, 1.54) is 12.1 Å². The first kappa shape index (κ1) is 13.5. The Labute approximate surface area is 100 Å². The summed E-state index contributed by atoms with van der Waals surface area (Å²) in [6, 6.07) is 4.30. The molecule has 0 aliphatic carbocycles. The molecule has 0 aromatic heterocycles. The minimum Gasteiger partial charge on any atom is -0.423 e. The molecule has 88 valence electrons. The Morgan fingerprint density at radius 3 is 2.38 bits per heavy atom. The molecule has 1 rings (SSSR count). The molecular weight excluding hydrogens is 226 g/mol. The molecule has 1 aromatic rings. The number of benzene rings is 1. The van der Waals surface area contributed by atoms with Crippen LogP contribution in [0.2, 0.25) is 0 Å². The van der Waals surface area contributed by atoms with E-state index < -0.39 is 7.12 Å². The van der Waals surface area contributed by atoms with Gasteiger partial charge in [0.05, 0.1) is 0 Å². The summed E-state index contributed by atoms with van der Waals surface area (Å²) in [5.74, 6) is 0.194. The molecule has 0 amide bonds. The van der Waals surface area contributed by atoms with Crippen LogP contribution in [0, 0.1) is 5.82 Å². The molecule has 2 nitrogen and oxygen atoms in total. The van der Waals surface area contributed by atoms with Gasteiger partial charge < -0.3 is 10.0 Å². The van der Waals surface area contributed by atoms with Gasteiger partial charge in [-0.25, -0.2) is 4.39 Å². The molecule has 0 atom stereocenters. The van der Waals surface area contributed by atoms with Gasteiger partial charge in [-0.05, 0) is 17.1 Å². The smallest absolute Gasteiger partial charge is 0.423 e. The van der Waals surface area contributed by atoms with Gasteiger partial charge in [-0.3, -0.25) is 0 Å². The van der Waals surface area contributed by atoms with E-state index in [9.17, 15) is 4.39 Å². The summed E-state index contributed by atoms with van der Waals surface area (Å²) in [5, 5.41) is 17.8. The van der Waals surface area contributed by atoms with Gasteiger partial charge in [0, 0.05) is 10.5 Å². The van der Waals surface area contributed by atoms with Gasteiger partial charge in [0.1, 0.15) is 5.82 Å². The second-order valence-corrected chi connectivity index (χ2v) is 6.43. The largest absolute Gasteiger partial charge is 0.488 e. The van der Waals surface area contributed by atoms with Crippen LogP contribution in [-0.2, 0) is 5.75 Å². The lowest BCUT2D eigenvalue weighted by atomic mass is 9.80. The number of thioether (sulfide) groups is 1. The van der Waals surface area contributed by atoms with Gasteiger partial charge in [-0.2, -0.15) is 11.8 Å². The maximum atomic E-state index is 13.6. The predicted octanol–water partition coefficient (Wildman–Crippen LogP) is 1.54. The van der Waals surface area contributed by atoms with Crippen molar-refractivity contribution in [2.45, 2.75) is 31.3 Å². The highest BCUT2D eigenvalue weighted by molar-refractivity contribution is 7.99. The fourth-order valence-corrected chi connectivity index (χ4v) is 1.96. The number of hydrogen-bond acceptors (Lipinski definition) is 3. The summed E-state index contributed by atoms with van der Waals surface area (Å²) < 4.78 is 13.6. The number of rotatable bonds is 3. The molecule has 0 radical (unpaired) electrons. The van der Waals surface area contributed by atoms with Crippen LogP contribution in [-0.4, -0.2) is 21.9 Å². The molecule has 0 spiro atoms. The van der Waals surface area contributed by atoms with Crippen LogP contribution < -0.4 is 5.46 Å². The van der Waals surface area contributed by atoms with E-state index in [0.29, 0.717) is 11.3 Å². The molecule has 0 bridgehead atoms. The number of halogens is 1. The molecular formula is C11H16BFO2S. The van der Waals surface area contributed by atoms with Crippen LogP contribution >= 0.6 is 11.8 Å². The molecule has 0 fully saturated rings. The van der Waals surface area contributed by atoms with E-state index in [-0.39, 0.29) is 16.0 Å². The first-order valence-electron chi connectivity index (χ1n) is 5.08. The van der Waals surface area contributed by atoms with Crippen molar-refractivity contribution in [3.63, 3.8) is 0 Å². The molecule has 1 aromatic carbocycles. The maximum Gasteiger partial charge on any atom is 0.488 e. The maximum absolute atomic E-state index is 13.6.